The average Bonchev–Trinajstić information content (AvgIpc) is 3.17. The van der Waals surface area contributed by atoms with E-state index in [-0.39, 0.29) is 29.9 Å². The van der Waals surface area contributed by atoms with E-state index in [9.17, 15) is 4.79 Å². The Morgan fingerprint density at radius 1 is 1.16 bits per heavy atom. The minimum Gasteiger partial charge on any atom is -1.00 e. The van der Waals surface area contributed by atoms with Crippen molar-refractivity contribution < 1.29 is 33.3 Å². The molecule has 1 amide bonds. The van der Waals surface area contributed by atoms with E-state index in [1.165, 1.54) is 53.3 Å². The number of carbonyl (C=O) groups is 1. The summed E-state index contributed by atoms with van der Waals surface area (Å²) < 4.78 is 0.980. The molecule has 4 nitrogen and oxygen atoms in total. The Labute approximate surface area is 204 Å². The number of nitrogens with zero attached hydrogens (tertiary/aromatic N) is 2. The number of carbonyl (C=O) groups excluding carboxylic acids is 1. The Morgan fingerprint density at radius 2 is 1.94 bits per heavy atom. The molecule has 1 N–H and O–H groups in total. The number of aromatic nitrogens is 1. The number of aromatic amines is 1. The first kappa shape index (κ1) is 24.3. The molecule has 2 aliphatic rings. The van der Waals surface area contributed by atoms with Crippen molar-refractivity contribution in [2.75, 3.05) is 33.2 Å². The van der Waals surface area contributed by atoms with Gasteiger partial charge in [0.1, 0.15) is 12.0 Å². The quantitative estimate of drug-likeness (QED) is 0.314. The number of likely N-dealkylation sites (N-methyl/N-ethyl adjacent to an activating group) is 1. The van der Waals surface area contributed by atoms with Crippen LogP contribution in [0.3, 0.4) is 0 Å². The van der Waals surface area contributed by atoms with Crippen molar-refractivity contribution in [2.45, 2.75) is 58.9 Å². The fourth-order valence-electron chi connectivity index (χ4n) is 5.82. The van der Waals surface area contributed by atoms with E-state index >= 15 is 0 Å². The van der Waals surface area contributed by atoms with E-state index in [1.807, 2.05) is 4.90 Å². The highest BCUT2D eigenvalue weighted by atomic mass is 127. The van der Waals surface area contributed by atoms with Gasteiger partial charge in [-0.05, 0) is 43.9 Å². The van der Waals surface area contributed by atoms with Crippen molar-refractivity contribution in [1.29, 1.82) is 0 Å². The molecular weight excluding hydrogens is 497 g/mol. The molecule has 1 aliphatic heterocycles. The van der Waals surface area contributed by atoms with Gasteiger partial charge in [0.25, 0.3) is 0 Å². The number of hydrogen-bond acceptors (Lipinski definition) is 1. The van der Waals surface area contributed by atoms with E-state index in [0.29, 0.717) is 11.9 Å². The lowest BCUT2D eigenvalue weighted by Crippen LogP contribution is -3.00. The number of halogens is 1. The maximum atomic E-state index is 13.4. The van der Waals surface area contributed by atoms with Crippen molar-refractivity contribution in [3.63, 3.8) is 0 Å². The normalized spacial score (nSPS) is 24.3. The predicted molar refractivity (Wildman–Crippen MR) is 125 cm³/mol. The highest BCUT2D eigenvalue weighted by Crippen LogP contribution is 2.44. The third-order valence-electron chi connectivity index (χ3n) is 7.53. The Balaban J connectivity index is 0.00000272. The topological polar surface area (TPSA) is 36.1 Å². The lowest BCUT2D eigenvalue weighted by atomic mass is 9.78. The molecule has 1 unspecified atom stereocenters. The Morgan fingerprint density at radius 3 is 2.65 bits per heavy atom. The molecule has 1 aromatic carbocycles. The maximum absolute atomic E-state index is 13.4. The van der Waals surface area contributed by atoms with E-state index in [4.69, 9.17) is 0 Å². The molecule has 2 heterocycles. The van der Waals surface area contributed by atoms with Crippen LogP contribution in [0.1, 0.15) is 57.6 Å². The van der Waals surface area contributed by atoms with Crippen LogP contribution in [-0.4, -0.2) is 59.5 Å². The third kappa shape index (κ3) is 4.45. The van der Waals surface area contributed by atoms with Crippen molar-refractivity contribution in [3.05, 3.63) is 41.6 Å². The number of hydrogen-bond donors (Lipinski definition) is 1. The molecule has 0 bridgehead atoms. The smallest absolute Gasteiger partial charge is 0.235 e. The second kappa shape index (κ2) is 10.1. The van der Waals surface area contributed by atoms with Crippen LogP contribution in [0.25, 0.3) is 16.5 Å². The Kier molecular flexibility index (Phi) is 7.90. The van der Waals surface area contributed by atoms with E-state index in [0.717, 1.165) is 37.1 Å². The molecule has 1 aliphatic carbocycles. The maximum Gasteiger partial charge on any atom is 0.235 e. The van der Waals surface area contributed by atoms with Crippen LogP contribution < -0.4 is 24.0 Å². The van der Waals surface area contributed by atoms with Crippen LogP contribution >= 0.6 is 0 Å². The van der Waals surface area contributed by atoms with E-state index in [1.54, 1.807) is 0 Å². The second-order valence-corrected chi connectivity index (χ2v) is 9.45. The van der Waals surface area contributed by atoms with Crippen LogP contribution in [0, 0.1) is 5.92 Å². The van der Waals surface area contributed by atoms with Crippen LogP contribution in [0.4, 0.5) is 0 Å². The molecule has 1 aromatic heterocycles. The van der Waals surface area contributed by atoms with Gasteiger partial charge in [0.15, 0.2) is 0 Å². The number of quaternary nitrogens is 1. The molecule has 5 heteroatoms. The number of amides is 1. The minimum absolute atomic E-state index is 0. The van der Waals surface area contributed by atoms with Crippen LogP contribution in [-0.2, 0) is 11.2 Å². The first-order chi connectivity index (χ1) is 14.5. The fourth-order valence-corrected chi connectivity index (χ4v) is 5.82. The fraction of sp³-hybridized carbons (Fsp3) is 0.577. The lowest BCUT2D eigenvalue weighted by molar-refractivity contribution is -0.928. The summed E-state index contributed by atoms with van der Waals surface area (Å²) in [7, 11) is 2.41. The van der Waals surface area contributed by atoms with E-state index < -0.39 is 0 Å². The van der Waals surface area contributed by atoms with Crippen molar-refractivity contribution in [3.8, 4) is 0 Å². The van der Waals surface area contributed by atoms with Crippen molar-refractivity contribution >= 4 is 22.4 Å². The first-order valence-electron chi connectivity index (χ1n) is 12.0. The monoisotopic (exact) mass is 535 g/mol. The van der Waals surface area contributed by atoms with Gasteiger partial charge in [-0.25, -0.2) is 0 Å². The molecule has 0 saturated heterocycles. The van der Waals surface area contributed by atoms with Crippen molar-refractivity contribution in [2.24, 2.45) is 5.92 Å². The minimum atomic E-state index is -0.0249. The number of unbranched alkanes of at least 4 members (excludes halogenated alkanes) is 3. The first-order valence-corrected chi connectivity index (χ1v) is 12.0. The van der Waals surface area contributed by atoms with Crippen LogP contribution in [0.2, 0.25) is 0 Å². The zero-order valence-corrected chi connectivity index (χ0v) is 21.7. The molecule has 0 saturated carbocycles. The Bertz CT molecular complexity index is 945. The van der Waals surface area contributed by atoms with Crippen molar-refractivity contribution in [1.82, 2.24) is 9.88 Å². The second-order valence-electron chi connectivity index (χ2n) is 9.45. The summed E-state index contributed by atoms with van der Waals surface area (Å²) in [5, 5.41) is 1.37. The standard InChI is InChI=1S/C26H38N3O.HI/c1-5-8-9-10-14-29(4)18-20(26(30)28(6-2)7-3)15-22-21-12-11-13-23-25(21)19(17-27-23)16-24(22)29;/h11-13,15,17,20,24,27H,5-10,14,16,18H2,1-4H3;1H/q+1;/p-1/t20-,24-,29?;/m1./s1. The van der Waals surface area contributed by atoms with Gasteiger partial charge in [-0.15, -0.1) is 0 Å². The van der Waals surface area contributed by atoms with Gasteiger partial charge in [-0.1, -0.05) is 38.0 Å². The zero-order valence-electron chi connectivity index (χ0n) is 19.6. The SMILES string of the molecule is CCCCCC[N+]1(C)C[C@H](C(=O)N(CC)CC)C=C2c3cccc4[nH]cc(c34)C[C@H]21.[I-]. The summed E-state index contributed by atoms with van der Waals surface area (Å²) in [6.07, 6.45) is 10.7. The molecule has 0 spiro atoms. The van der Waals surface area contributed by atoms with Gasteiger partial charge in [0, 0.05) is 42.2 Å². The molecule has 0 radical (unpaired) electrons. The number of nitrogens with one attached hydrogen (secondary N) is 1. The highest BCUT2D eigenvalue weighted by Gasteiger charge is 2.46. The molecule has 170 valence electrons. The van der Waals surface area contributed by atoms with E-state index in [2.05, 4.69) is 63.3 Å². The predicted octanol–water partition coefficient (Wildman–Crippen LogP) is 2.01. The highest BCUT2D eigenvalue weighted by molar-refractivity contribution is 5.99. The lowest BCUT2D eigenvalue weighted by Gasteiger charge is -2.49. The third-order valence-corrected chi connectivity index (χ3v) is 7.53. The molecule has 4 rings (SSSR count). The summed E-state index contributed by atoms with van der Waals surface area (Å²) in [6, 6.07) is 7.04. The van der Waals surface area contributed by atoms with Gasteiger partial charge in [0.05, 0.1) is 20.1 Å². The number of H-pyrrole nitrogens is 1. The molecule has 31 heavy (non-hydrogen) atoms. The van der Waals surface area contributed by atoms with Gasteiger partial charge < -0.3 is 38.3 Å². The number of rotatable bonds is 8. The van der Waals surface area contributed by atoms with Gasteiger partial charge >= 0.3 is 0 Å². The van der Waals surface area contributed by atoms with Gasteiger partial charge in [0.2, 0.25) is 5.91 Å². The van der Waals surface area contributed by atoms with Gasteiger partial charge in [-0.2, -0.15) is 0 Å². The molecule has 0 fully saturated rings. The molecule has 3 atom stereocenters. The molecule has 2 aromatic rings. The number of fused-ring (bicyclic) bond motifs is 2. The average molecular weight is 536 g/mol. The summed E-state index contributed by atoms with van der Waals surface area (Å²) in [5.41, 5.74) is 5.41. The summed E-state index contributed by atoms with van der Waals surface area (Å²) in [4.78, 5) is 18.9. The summed E-state index contributed by atoms with van der Waals surface area (Å²) in [5.74, 6) is 0.277. The van der Waals surface area contributed by atoms with Gasteiger partial charge in [-0.3, -0.25) is 4.79 Å². The number of benzene rings is 1. The van der Waals surface area contributed by atoms with Crippen LogP contribution in [0.15, 0.2) is 30.5 Å². The zero-order chi connectivity index (χ0) is 21.3. The summed E-state index contributed by atoms with van der Waals surface area (Å²) >= 11 is 0. The largest absolute Gasteiger partial charge is 1.00 e. The molecular formula is C26H38IN3O. The summed E-state index contributed by atoms with van der Waals surface area (Å²) in [6.45, 7) is 10.1. The van der Waals surface area contributed by atoms with Crippen LogP contribution in [0.5, 0.6) is 0 Å². The Hall–Kier alpha value is -1.34.